The van der Waals surface area contributed by atoms with Crippen LogP contribution in [0.2, 0.25) is 0 Å². The summed E-state index contributed by atoms with van der Waals surface area (Å²) < 4.78 is 15.4. The van der Waals surface area contributed by atoms with Gasteiger partial charge in [0.15, 0.2) is 23.3 Å². The van der Waals surface area contributed by atoms with Crippen molar-refractivity contribution in [3.63, 3.8) is 0 Å². The van der Waals surface area contributed by atoms with Crippen molar-refractivity contribution < 1.29 is 33.7 Å². The Morgan fingerprint density at radius 2 is 2.14 bits per heavy atom. The number of carboxylic acid groups (broad SMARTS) is 1. The minimum Gasteiger partial charge on any atom is -0.493 e. The van der Waals surface area contributed by atoms with Gasteiger partial charge in [-0.3, -0.25) is 9.59 Å². The van der Waals surface area contributed by atoms with Crippen LogP contribution in [-0.2, 0) is 19.1 Å². The average Bonchev–Trinajstić information content (AvgIpc) is 2.99. The molecule has 28 heavy (non-hydrogen) atoms. The second-order valence-electron chi connectivity index (χ2n) is 5.35. The van der Waals surface area contributed by atoms with Crippen molar-refractivity contribution in [1.82, 2.24) is 5.32 Å². The quantitative estimate of drug-likeness (QED) is 0.351. The van der Waals surface area contributed by atoms with Crippen molar-refractivity contribution in [2.75, 3.05) is 20.3 Å². The van der Waals surface area contributed by atoms with Crippen molar-refractivity contribution in [2.45, 2.75) is 18.6 Å². The maximum atomic E-state index is 11.6. The van der Waals surface area contributed by atoms with Crippen molar-refractivity contribution in [2.24, 2.45) is 10.2 Å². The molecule has 0 radical (unpaired) electrons. The number of carbonyl (C=O) groups excluding carboxylic acids is 2. The summed E-state index contributed by atoms with van der Waals surface area (Å²) in [5.41, 5.74) is 0.611. The van der Waals surface area contributed by atoms with Crippen LogP contribution in [0.25, 0.3) is 0 Å². The molecule has 0 aromatic heterocycles. The normalized spacial score (nSPS) is 17.6. The van der Waals surface area contributed by atoms with E-state index in [1.165, 1.54) is 13.3 Å². The van der Waals surface area contributed by atoms with Crippen LogP contribution in [0, 0.1) is 0 Å². The first-order valence-corrected chi connectivity index (χ1v) is 9.07. The number of ether oxygens (including phenoxy) is 3. The second-order valence-corrected chi connectivity index (χ2v) is 6.54. The van der Waals surface area contributed by atoms with Gasteiger partial charge in [0.05, 0.1) is 26.4 Å². The Bertz CT molecular complexity index is 810. The number of nitrogens with one attached hydrogen (secondary N) is 1. The largest absolute Gasteiger partial charge is 0.493 e. The van der Waals surface area contributed by atoms with Gasteiger partial charge in [-0.15, -0.1) is 5.10 Å². The molecule has 1 aromatic rings. The Balaban J connectivity index is 2.03. The first-order chi connectivity index (χ1) is 13.4. The third kappa shape index (κ3) is 6.27. The Morgan fingerprint density at radius 1 is 1.36 bits per heavy atom. The number of nitrogens with zero attached hydrogens (tertiary/aromatic N) is 2. The lowest BCUT2D eigenvalue weighted by atomic mass is 10.2. The molecule has 0 bridgehead atoms. The van der Waals surface area contributed by atoms with E-state index in [1.54, 1.807) is 25.1 Å². The maximum absolute atomic E-state index is 11.6. The Hall–Kier alpha value is -3.08. The summed E-state index contributed by atoms with van der Waals surface area (Å²) in [6.07, 6.45) is 1.12. The number of rotatable bonds is 9. The van der Waals surface area contributed by atoms with Crippen molar-refractivity contribution in [3.8, 4) is 11.5 Å². The van der Waals surface area contributed by atoms with Gasteiger partial charge in [0.2, 0.25) is 5.91 Å². The van der Waals surface area contributed by atoms with Gasteiger partial charge >= 0.3 is 11.9 Å². The molecule has 2 N–H and O–H groups in total. The van der Waals surface area contributed by atoms with Gasteiger partial charge in [-0.25, -0.2) is 4.79 Å². The van der Waals surface area contributed by atoms with E-state index in [0.29, 0.717) is 17.1 Å². The summed E-state index contributed by atoms with van der Waals surface area (Å²) in [4.78, 5) is 33.8. The number of amidine groups is 1. The van der Waals surface area contributed by atoms with E-state index in [-0.39, 0.29) is 24.8 Å². The van der Waals surface area contributed by atoms with Gasteiger partial charge in [-0.2, -0.15) is 5.10 Å². The van der Waals surface area contributed by atoms with Gasteiger partial charge in [-0.05, 0) is 30.7 Å². The Morgan fingerprint density at radius 3 is 2.82 bits per heavy atom. The number of carboxylic acids is 1. The van der Waals surface area contributed by atoms with E-state index >= 15 is 0 Å². The number of aliphatic carboxylic acids is 1. The zero-order chi connectivity index (χ0) is 20.5. The highest BCUT2D eigenvalue weighted by Crippen LogP contribution is 2.27. The number of hydrogen-bond acceptors (Lipinski definition) is 9. The molecule has 11 heteroatoms. The van der Waals surface area contributed by atoms with Gasteiger partial charge in [0.25, 0.3) is 0 Å². The molecule has 1 unspecified atom stereocenters. The van der Waals surface area contributed by atoms with Crippen LogP contribution in [0.3, 0.4) is 0 Å². The minimum absolute atomic E-state index is 0.222. The molecule has 1 fully saturated rings. The van der Waals surface area contributed by atoms with E-state index < -0.39 is 23.1 Å². The van der Waals surface area contributed by atoms with E-state index in [2.05, 4.69) is 15.5 Å². The van der Waals surface area contributed by atoms with Crippen LogP contribution in [-0.4, -0.2) is 59.9 Å². The maximum Gasteiger partial charge on any atom is 0.344 e. The third-order valence-electron chi connectivity index (χ3n) is 3.33. The molecule has 0 aliphatic carbocycles. The molecular formula is C17H19N3O7S. The summed E-state index contributed by atoms with van der Waals surface area (Å²) in [7, 11) is 1.47. The SMILES string of the molecule is CCOC(=O)COc1cc(C=NN=C2NC(=O)C(CC(=O)O)S2)ccc1OC. The number of amides is 1. The molecular weight excluding hydrogens is 390 g/mol. The molecule has 1 amide bonds. The number of methoxy groups -OCH3 is 1. The lowest BCUT2D eigenvalue weighted by Crippen LogP contribution is -2.26. The summed E-state index contributed by atoms with van der Waals surface area (Å²) in [5.74, 6) is -1.22. The predicted molar refractivity (Wildman–Crippen MR) is 102 cm³/mol. The molecule has 10 nitrogen and oxygen atoms in total. The van der Waals surface area contributed by atoms with Gasteiger partial charge < -0.3 is 24.6 Å². The average molecular weight is 409 g/mol. The first kappa shape index (κ1) is 21.2. The van der Waals surface area contributed by atoms with Gasteiger partial charge in [0, 0.05) is 0 Å². The highest BCUT2D eigenvalue weighted by Gasteiger charge is 2.32. The number of thioether (sulfide) groups is 1. The zero-order valence-corrected chi connectivity index (χ0v) is 16.0. The van der Waals surface area contributed by atoms with Gasteiger partial charge in [0.1, 0.15) is 5.25 Å². The molecule has 1 aliphatic heterocycles. The summed E-state index contributed by atoms with van der Waals surface area (Å²) in [6.45, 7) is 1.70. The molecule has 1 saturated heterocycles. The summed E-state index contributed by atoms with van der Waals surface area (Å²) >= 11 is 1.01. The summed E-state index contributed by atoms with van der Waals surface area (Å²) in [6, 6.07) is 4.95. The molecule has 1 aromatic carbocycles. The first-order valence-electron chi connectivity index (χ1n) is 8.19. The molecule has 2 rings (SSSR count). The predicted octanol–water partition coefficient (Wildman–Crippen LogP) is 1.03. The smallest absolute Gasteiger partial charge is 0.344 e. The van der Waals surface area contributed by atoms with Crippen molar-refractivity contribution >= 4 is 41.0 Å². The van der Waals surface area contributed by atoms with E-state index in [0.717, 1.165) is 11.8 Å². The second kappa shape index (κ2) is 10.3. The molecule has 1 aliphatic rings. The van der Waals surface area contributed by atoms with Crippen LogP contribution in [0.1, 0.15) is 18.9 Å². The molecule has 150 valence electrons. The van der Waals surface area contributed by atoms with E-state index in [9.17, 15) is 14.4 Å². The molecule has 1 atom stereocenters. The van der Waals surface area contributed by atoms with Crippen LogP contribution in [0.15, 0.2) is 28.4 Å². The number of hydrogen-bond donors (Lipinski definition) is 2. The molecule has 0 saturated carbocycles. The number of carbonyl (C=O) groups is 3. The third-order valence-corrected chi connectivity index (χ3v) is 4.40. The number of benzene rings is 1. The fourth-order valence-corrected chi connectivity index (χ4v) is 3.03. The van der Waals surface area contributed by atoms with Crippen molar-refractivity contribution in [1.29, 1.82) is 0 Å². The highest BCUT2D eigenvalue weighted by atomic mass is 32.2. The standard InChI is InChI=1S/C17H19N3O7S/c1-3-26-15(23)9-27-12-6-10(4-5-11(12)25-2)8-18-20-17-19-16(24)13(28-17)7-14(21)22/h4-6,8,13H,3,7,9H2,1-2H3,(H,21,22)(H,19,20,24). The Labute approximate surface area is 164 Å². The molecule has 0 spiro atoms. The number of esters is 1. The van der Waals surface area contributed by atoms with Crippen molar-refractivity contribution in [3.05, 3.63) is 23.8 Å². The van der Waals surface area contributed by atoms with Crippen LogP contribution in [0.4, 0.5) is 0 Å². The van der Waals surface area contributed by atoms with Crippen LogP contribution >= 0.6 is 11.8 Å². The van der Waals surface area contributed by atoms with Gasteiger partial charge in [-0.1, -0.05) is 11.8 Å². The highest BCUT2D eigenvalue weighted by molar-refractivity contribution is 8.15. The lowest BCUT2D eigenvalue weighted by Gasteiger charge is -2.10. The topological polar surface area (TPSA) is 136 Å². The zero-order valence-electron chi connectivity index (χ0n) is 15.2. The lowest BCUT2D eigenvalue weighted by molar-refractivity contribution is -0.145. The van der Waals surface area contributed by atoms with E-state index in [4.69, 9.17) is 19.3 Å². The fourth-order valence-electron chi connectivity index (χ4n) is 2.12. The van der Waals surface area contributed by atoms with Crippen LogP contribution < -0.4 is 14.8 Å². The van der Waals surface area contributed by atoms with Crippen LogP contribution in [0.5, 0.6) is 11.5 Å². The van der Waals surface area contributed by atoms with E-state index in [1.807, 2.05) is 0 Å². The monoisotopic (exact) mass is 409 g/mol. The minimum atomic E-state index is -1.06. The Kier molecular flexibility index (Phi) is 7.81. The fraction of sp³-hybridized carbons (Fsp3) is 0.353. The molecule has 1 heterocycles. The summed E-state index contributed by atoms with van der Waals surface area (Å²) in [5, 5.41) is 18.5.